The van der Waals surface area contributed by atoms with Crippen molar-refractivity contribution >= 4 is 0 Å². The highest BCUT2D eigenvalue weighted by Gasteiger charge is 2.27. The van der Waals surface area contributed by atoms with Gasteiger partial charge >= 0.3 is 0 Å². The molecule has 0 N–H and O–H groups in total. The average molecular weight is 296 g/mol. The summed E-state index contributed by atoms with van der Waals surface area (Å²) in [6.45, 7) is 12.1. The highest BCUT2D eigenvalue weighted by molar-refractivity contribution is 5.32. The fraction of sp³-hybridized carbons (Fsp3) is 0.429. The lowest BCUT2D eigenvalue weighted by Crippen LogP contribution is -2.24. The van der Waals surface area contributed by atoms with Crippen LogP contribution in [0.3, 0.4) is 0 Å². The van der Waals surface area contributed by atoms with Crippen molar-refractivity contribution in [2.45, 2.75) is 53.1 Å². The SMILES string of the molecule is CC(C)(C)CC(C)(C)c1ccc(OCc2ccccc2)cc1. The predicted molar refractivity (Wildman–Crippen MR) is 94.3 cm³/mol. The number of hydrogen-bond acceptors (Lipinski definition) is 1. The van der Waals surface area contributed by atoms with E-state index in [9.17, 15) is 0 Å². The second kappa shape index (κ2) is 6.56. The Morgan fingerprint density at radius 1 is 0.773 bits per heavy atom. The molecule has 0 amide bonds. The van der Waals surface area contributed by atoms with Gasteiger partial charge in [-0.3, -0.25) is 0 Å². The number of benzene rings is 2. The molecule has 0 aromatic heterocycles. The topological polar surface area (TPSA) is 9.23 Å². The molecule has 0 saturated heterocycles. The maximum Gasteiger partial charge on any atom is 0.119 e. The second-order valence-corrected chi connectivity index (χ2v) is 7.92. The van der Waals surface area contributed by atoms with Gasteiger partial charge in [0.1, 0.15) is 12.4 Å². The summed E-state index contributed by atoms with van der Waals surface area (Å²) >= 11 is 0. The minimum absolute atomic E-state index is 0.177. The molecule has 1 nitrogen and oxygen atoms in total. The molecular formula is C21H28O. The summed E-state index contributed by atoms with van der Waals surface area (Å²) in [5, 5.41) is 0. The lowest BCUT2D eigenvalue weighted by atomic mass is 9.72. The molecule has 0 saturated carbocycles. The van der Waals surface area contributed by atoms with E-state index in [4.69, 9.17) is 4.74 Å². The first-order chi connectivity index (χ1) is 10.3. The van der Waals surface area contributed by atoms with Gasteiger partial charge in [-0.05, 0) is 40.5 Å². The summed E-state index contributed by atoms with van der Waals surface area (Å²) in [7, 11) is 0. The Morgan fingerprint density at radius 3 is 1.91 bits per heavy atom. The van der Waals surface area contributed by atoms with Crippen molar-refractivity contribution in [2.24, 2.45) is 5.41 Å². The molecule has 0 aliphatic heterocycles. The molecule has 0 aliphatic carbocycles. The van der Waals surface area contributed by atoms with Gasteiger partial charge < -0.3 is 4.74 Å². The zero-order valence-corrected chi connectivity index (χ0v) is 14.5. The van der Waals surface area contributed by atoms with Gasteiger partial charge in [0.2, 0.25) is 0 Å². The molecule has 0 spiro atoms. The summed E-state index contributed by atoms with van der Waals surface area (Å²) in [6.07, 6.45) is 1.16. The van der Waals surface area contributed by atoms with E-state index >= 15 is 0 Å². The van der Waals surface area contributed by atoms with Crippen LogP contribution in [0.1, 0.15) is 52.2 Å². The lowest BCUT2D eigenvalue weighted by Gasteiger charge is -2.33. The summed E-state index contributed by atoms with van der Waals surface area (Å²) in [4.78, 5) is 0. The van der Waals surface area contributed by atoms with Crippen LogP contribution in [0.5, 0.6) is 5.75 Å². The van der Waals surface area contributed by atoms with E-state index < -0.39 is 0 Å². The Morgan fingerprint density at radius 2 is 1.36 bits per heavy atom. The van der Waals surface area contributed by atoms with Crippen molar-refractivity contribution in [3.8, 4) is 5.75 Å². The first kappa shape index (κ1) is 16.6. The minimum Gasteiger partial charge on any atom is -0.489 e. The van der Waals surface area contributed by atoms with Crippen LogP contribution in [0.4, 0.5) is 0 Å². The van der Waals surface area contributed by atoms with Gasteiger partial charge in [0, 0.05) is 0 Å². The van der Waals surface area contributed by atoms with Crippen LogP contribution in [-0.4, -0.2) is 0 Å². The minimum atomic E-state index is 0.177. The molecule has 1 heteroatoms. The van der Waals surface area contributed by atoms with Crippen molar-refractivity contribution in [3.63, 3.8) is 0 Å². The van der Waals surface area contributed by atoms with Crippen molar-refractivity contribution < 1.29 is 4.74 Å². The first-order valence-corrected chi connectivity index (χ1v) is 8.04. The summed E-state index contributed by atoms with van der Waals surface area (Å²) in [5.74, 6) is 0.930. The van der Waals surface area contributed by atoms with Crippen LogP contribution < -0.4 is 4.74 Å². The number of rotatable bonds is 5. The zero-order valence-electron chi connectivity index (χ0n) is 14.5. The zero-order chi connectivity index (χ0) is 16.2. The third kappa shape index (κ3) is 4.91. The quantitative estimate of drug-likeness (QED) is 0.659. The monoisotopic (exact) mass is 296 g/mol. The molecule has 2 rings (SSSR count). The van der Waals surface area contributed by atoms with Crippen LogP contribution in [0.15, 0.2) is 54.6 Å². The second-order valence-electron chi connectivity index (χ2n) is 7.92. The van der Waals surface area contributed by atoms with Crippen molar-refractivity contribution in [2.75, 3.05) is 0 Å². The Balaban J connectivity index is 2.01. The average Bonchev–Trinajstić information content (AvgIpc) is 2.44. The Kier molecular flexibility index (Phi) is 4.95. The van der Waals surface area contributed by atoms with E-state index in [1.165, 1.54) is 11.1 Å². The largest absolute Gasteiger partial charge is 0.489 e. The molecule has 0 unspecified atom stereocenters. The van der Waals surface area contributed by atoms with Gasteiger partial charge in [0.15, 0.2) is 0 Å². The van der Waals surface area contributed by atoms with Crippen LogP contribution >= 0.6 is 0 Å². The van der Waals surface area contributed by atoms with Gasteiger partial charge in [-0.25, -0.2) is 0 Å². The Labute approximate surface area is 135 Å². The van der Waals surface area contributed by atoms with Gasteiger partial charge in [-0.1, -0.05) is 77.1 Å². The lowest BCUT2D eigenvalue weighted by molar-refractivity contribution is 0.283. The smallest absolute Gasteiger partial charge is 0.119 e. The Bertz CT molecular complexity index is 574. The molecule has 2 aromatic carbocycles. The van der Waals surface area contributed by atoms with Gasteiger partial charge in [-0.15, -0.1) is 0 Å². The van der Waals surface area contributed by atoms with Crippen molar-refractivity contribution in [1.29, 1.82) is 0 Å². The van der Waals surface area contributed by atoms with E-state index in [0.717, 1.165) is 12.2 Å². The maximum atomic E-state index is 5.86. The van der Waals surface area contributed by atoms with E-state index in [-0.39, 0.29) is 5.41 Å². The van der Waals surface area contributed by atoms with Crippen LogP contribution in [-0.2, 0) is 12.0 Å². The molecule has 22 heavy (non-hydrogen) atoms. The normalized spacial score (nSPS) is 12.2. The third-order valence-corrected chi connectivity index (χ3v) is 3.86. The number of hydrogen-bond donors (Lipinski definition) is 0. The van der Waals surface area contributed by atoms with Crippen molar-refractivity contribution in [3.05, 3.63) is 65.7 Å². The fourth-order valence-corrected chi connectivity index (χ4v) is 3.17. The van der Waals surface area contributed by atoms with Gasteiger partial charge in [0.25, 0.3) is 0 Å². The van der Waals surface area contributed by atoms with Crippen molar-refractivity contribution in [1.82, 2.24) is 0 Å². The maximum absolute atomic E-state index is 5.86. The van der Waals surface area contributed by atoms with Gasteiger partial charge in [-0.2, -0.15) is 0 Å². The fourth-order valence-electron chi connectivity index (χ4n) is 3.17. The highest BCUT2D eigenvalue weighted by atomic mass is 16.5. The standard InChI is InChI=1S/C21H28O/c1-20(2,3)16-21(4,5)18-11-13-19(14-12-18)22-15-17-9-7-6-8-10-17/h6-14H,15-16H2,1-5H3. The van der Waals surface area contributed by atoms with E-state index in [2.05, 4.69) is 71.0 Å². The van der Waals surface area contributed by atoms with E-state index in [1.54, 1.807) is 0 Å². The molecule has 0 heterocycles. The van der Waals surface area contributed by atoms with Gasteiger partial charge in [0.05, 0.1) is 0 Å². The highest BCUT2D eigenvalue weighted by Crippen LogP contribution is 2.36. The molecule has 2 aromatic rings. The third-order valence-electron chi connectivity index (χ3n) is 3.86. The molecule has 0 fully saturated rings. The molecule has 118 valence electrons. The van der Waals surface area contributed by atoms with E-state index in [0.29, 0.717) is 12.0 Å². The molecule has 0 radical (unpaired) electrons. The van der Waals surface area contributed by atoms with Crippen LogP contribution in [0, 0.1) is 5.41 Å². The van der Waals surface area contributed by atoms with Crippen LogP contribution in [0.25, 0.3) is 0 Å². The number of ether oxygens (including phenoxy) is 1. The molecule has 0 aliphatic rings. The summed E-state index contributed by atoms with van der Waals surface area (Å²) < 4.78 is 5.86. The summed E-state index contributed by atoms with van der Waals surface area (Å²) in [6, 6.07) is 18.8. The van der Waals surface area contributed by atoms with E-state index in [1.807, 2.05) is 18.2 Å². The predicted octanol–water partition coefficient (Wildman–Crippen LogP) is 5.98. The van der Waals surface area contributed by atoms with Crippen LogP contribution in [0.2, 0.25) is 0 Å². The molecular weight excluding hydrogens is 268 g/mol. The molecule has 0 bridgehead atoms. The summed E-state index contributed by atoms with van der Waals surface area (Å²) in [5.41, 5.74) is 3.07. The Hall–Kier alpha value is -1.76. The molecule has 0 atom stereocenters. The first-order valence-electron chi connectivity index (χ1n) is 8.04.